The Kier molecular flexibility index (Phi) is 6.22. The molecular formula is C13H25N3O. The largest absolute Gasteiger partial charge is 0.351 e. The van der Waals surface area contributed by atoms with Gasteiger partial charge >= 0.3 is 0 Å². The molecule has 0 aromatic carbocycles. The van der Waals surface area contributed by atoms with Gasteiger partial charge in [0.1, 0.15) is 0 Å². The van der Waals surface area contributed by atoms with E-state index in [0.29, 0.717) is 12.6 Å². The van der Waals surface area contributed by atoms with Gasteiger partial charge in [-0.25, -0.2) is 0 Å². The first-order valence-corrected chi connectivity index (χ1v) is 6.55. The summed E-state index contributed by atoms with van der Waals surface area (Å²) >= 11 is 0. The maximum atomic E-state index is 11.6. The summed E-state index contributed by atoms with van der Waals surface area (Å²) in [6, 6.07) is 0.462. The molecule has 0 radical (unpaired) electrons. The molecule has 0 spiro atoms. The Balaban J connectivity index is 2.24. The highest BCUT2D eigenvalue weighted by Crippen LogP contribution is 2.15. The standard InChI is InChI=1S/C13H25N3O/c1-4-8-14-13(17)11(3)15-10-12-7-6-9-16(12)5-2/h4,11-12,15H,1,5-10H2,2-3H3,(H,14,17). The fraction of sp³-hybridized carbons (Fsp3) is 0.769. The highest BCUT2D eigenvalue weighted by Gasteiger charge is 2.23. The zero-order chi connectivity index (χ0) is 12.7. The van der Waals surface area contributed by atoms with Crippen LogP contribution in [-0.4, -0.2) is 49.1 Å². The quantitative estimate of drug-likeness (QED) is 0.644. The van der Waals surface area contributed by atoms with Crippen molar-refractivity contribution in [2.24, 2.45) is 0 Å². The molecule has 1 rings (SSSR count). The molecule has 98 valence electrons. The van der Waals surface area contributed by atoms with Crippen LogP contribution in [0.4, 0.5) is 0 Å². The van der Waals surface area contributed by atoms with Crippen LogP contribution in [0.3, 0.4) is 0 Å². The smallest absolute Gasteiger partial charge is 0.237 e. The van der Waals surface area contributed by atoms with Crippen LogP contribution >= 0.6 is 0 Å². The number of nitrogens with one attached hydrogen (secondary N) is 2. The van der Waals surface area contributed by atoms with Crippen molar-refractivity contribution in [2.45, 2.75) is 38.8 Å². The molecule has 4 nitrogen and oxygen atoms in total. The fourth-order valence-corrected chi connectivity index (χ4v) is 2.27. The second-order valence-electron chi connectivity index (χ2n) is 4.59. The first-order valence-electron chi connectivity index (χ1n) is 6.55. The highest BCUT2D eigenvalue weighted by molar-refractivity contribution is 5.81. The van der Waals surface area contributed by atoms with E-state index in [9.17, 15) is 4.79 Å². The summed E-state index contributed by atoms with van der Waals surface area (Å²) in [5.74, 6) is 0.0472. The number of rotatable bonds is 7. The van der Waals surface area contributed by atoms with Gasteiger partial charge in [-0.05, 0) is 32.9 Å². The molecule has 4 heteroatoms. The van der Waals surface area contributed by atoms with Crippen LogP contribution < -0.4 is 10.6 Å². The van der Waals surface area contributed by atoms with Gasteiger partial charge in [-0.2, -0.15) is 0 Å². The number of likely N-dealkylation sites (N-methyl/N-ethyl adjacent to an activating group) is 1. The van der Waals surface area contributed by atoms with Crippen molar-refractivity contribution in [3.8, 4) is 0 Å². The summed E-state index contributed by atoms with van der Waals surface area (Å²) in [7, 11) is 0. The summed E-state index contributed by atoms with van der Waals surface area (Å²) < 4.78 is 0. The Labute approximate surface area is 104 Å². The normalized spacial score (nSPS) is 22.4. The third kappa shape index (κ3) is 4.48. The monoisotopic (exact) mass is 239 g/mol. The minimum Gasteiger partial charge on any atom is -0.351 e. The number of amides is 1. The molecule has 0 bridgehead atoms. The van der Waals surface area contributed by atoms with E-state index < -0.39 is 0 Å². The molecule has 1 aliphatic rings. The molecule has 1 heterocycles. The minimum atomic E-state index is -0.130. The van der Waals surface area contributed by atoms with E-state index in [1.807, 2.05) is 6.92 Å². The number of carbonyl (C=O) groups excluding carboxylic acids is 1. The second kappa shape index (κ2) is 7.45. The Bertz CT molecular complexity index is 255. The van der Waals surface area contributed by atoms with Crippen molar-refractivity contribution in [3.05, 3.63) is 12.7 Å². The van der Waals surface area contributed by atoms with Crippen LogP contribution in [0.5, 0.6) is 0 Å². The maximum absolute atomic E-state index is 11.6. The number of hydrogen-bond donors (Lipinski definition) is 2. The average Bonchev–Trinajstić information content (AvgIpc) is 2.80. The van der Waals surface area contributed by atoms with Gasteiger partial charge in [-0.3, -0.25) is 9.69 Å². The van der Waals surface area contributed by atoms with Gasteiger partial charge in [-0.1, -0.05) is 13.0 Å². The predicted molar refractivity (Wildman–Crippen MR) is 70.9 cm³/mol. The third-order valence-corrected chi connectivity index (χ3v) is 3.38. The lowest BCUT2D eigenvalue weighted by Crippen LogP contribution is -2.47. The van der Waals surface area contributed by atoms with E-state index in [2.05, 4.69) is 29.0 Å². The average molecular weight is 239 g/mol. The molecule has 1 saturated heterocycles. The lowest BCUT2D eigenvalue weighted by molar-refractivity contribution is -0.122. The van der Waals surface area contributed by atoms with Crippen LogP contribution in [0, 0.1) is 0 Å². The third-order valence-electron chi connectivity index (χ3n) is 3.38. The first kappa shape index (κ1) is 14.2. The second-order valence-corrected chi connectivity index (χ2v) is 4.59. The summed E-state index contributed by atoms with van der Waals surface area (Å²) in [6.45, 7) is 11.4. The Hall–Kier alpha value is -0.870. The summed E-state index contributed by atoms with van der Waals surface area (Å²) in [5.41, 5.74) is 0. The fourth-order valence-electron chi connectivity index (χ4n) is 2.27. The van der Waals surface area contributed by atoms with Crippen molar-refractivity contribution >= 4 is 5.91 Å². The van der Waals surface area contributed by atoms with E-state index in [1.165, 1.54) is 19.4 Å². The molecule has 0 aliphatic carbocycles. The van der Waals surface area contributed by atoms with Crippen molar-refractivity contribution in [1.29, 1.82) is 0 Å². The molecule has 0 aromatic rings. The molecule has 2 atom stereocenters. The van der Waals surface area contributed by atoms with Crippen LogP contribution in [0.2, 0.25) is 0 Å². The molecule has 17 heavy (non-hydrogen) atoms. The molecule has 0 aromatic heterocycles. The van der Waals surface area contributed by atoms with Crippen LogP contribution in [0.15, 0.2) is 12.7 Å². The summed E-state index contributed by atoms with van der Waals surface area (Å²) in [4.78, 5) is 14.1. The zero-order valence-electron chi connectivity index (χ0n) is 11.0. The van der Waals surface area contributed by atoms with Crippen LogP contribution in [0.1, 0.15) is 26.7 Å². The van der Waals surface area contributed by atoms with Gasteiger partial charge in [-0.15, -0.1) is 6.58 Å². The van der Waals surface area contributed by atoms with E-state index in [4.69, 9.17) is 0 Å². The minimum absolute atomic E-state index is 0.0472. The van der Waals surface area contributed by atoms with Gasteiger partial charge < -0.3 is 10.6 Å². The number of likely N-dealkylation sites (tertiary alicyclic amines) is 1. The Morgan fingerprint density at radius 2 is 2.41 bits per heavy atom. The molecule has 1 amide bonds. The number of nitrogens with zero attached hydrogens (tertiary/aromatic N) is 1. The molecule has 1 aliphatic heterocycles. The Morgan fingerprint density at radius 3 is 3.06 bits per heavy atom. The molecule has 0 saturated carbocycles. The number of hydrogen-bond acceptors (Lipinski definition) is 3. The van der Waals surface area contributed by atoms with Crippen molar-refractivity contribution in [2.75, 3.05) is 26.2 Å². The van der Waals surface area contributed by atoms with Gasteiger partial charge in [0.05, 0.1) is 6.04 Å². The number of carbonyl (C=O) groups is 1. The van der Waals surface area contributed by atoms with Crippen molar-refractivity contribution in [1.82, 2.24) is 15.5 Å². The van der Waals surface area contributed by atoms with E-state index in [0.717, 1.165) is 13.1 Å². The zero-order valence-corrected chi connectivity index (χ0v) is 11.0. The molecular weight excluding hydrogens is 214 g/mol. The highest BCUT2D eigenvalue weighted by atomic mass is 16.2. The van der Waals surface area contributed by atoms with Gasteiger partial charge in [0, 0.05) is 19.1 Å². The van der Waals surface area contributed by atoms with E-state index >= 15 is 0 Å². The molecule has 2 N–H and O–H groups in total. The predicted octanol–water partition coefficient (Wildman–Crippen LogP) is 0.751. The van der Waals surface area contributed by atoms with Crippen LogP contribution in [0.25, 0.3) is 0 Å². The van der Waals surface area contributed by atoms with Crippen LogP contribution in [-0.2, 0) is 4.79 Å². The summed E-state index contributed by atoms with van der Waals surface area (Å²) in [5, 5.41) is 6.11. The molecule has 1 fully saturated rings. The maximum Gasteiger partial charge on any atom is 0.237 e. The lowest BCUT2D eigenvalue weighted by Gasteiger charge is -2.24. The van der Waals surface area contributed by atoms with E-state index in [1.54, 1.807) is 6.08 Å². The van der Waals surface area contributed by atoms with E-state index in [-0.39, 0.29) is 11.9 Å². The SMILES string of the molecule is C=CCNC(=O)C(C)NCC1CCCN1CC. The van der Waals surface area contributed by atoms with Gasteiger partial charge in [0.15, 0.2) is 0 Å². The van der Waals surface area contributed by atoms with Gasteiger partial charge in [0.25, 0.3) is 0 Å². The molecule has 2 unspecified atom stereocenters. The lowest BCUT2D eigenvalue weighted by atomic mass is 10.2. The van der Waals surface area contributed by atoms with Crippen molar-refractivity contribution < 1.29 is 4.79 Å². The Morgan fingerprint density at radius 1 is 1.65 bits per heavy atom. The first-order chi connectivity index (χ1) is 8.19. The summed E-state index contributed by atoms with van der Waals surface area (Å²) in [6.07, 6.45) is 4.21. The topological polar surface area (TPSA) is 44.4 Å². The van der Waals surface area contributed by atoms with Crippen molar-refractivity contribution in [3.63, 3.8) is 0 Å². The van der Waals surface area contributed by atoms with Gasteiger partial charge in [0.2, 0.25) is 5.91 Å².